The SMILES string of the molecule is COc1ccc(CCNC(=O)C(=O)N/N=C\c2cc(Br)ccc2OCC(=O)Nc2cccc(Cl)c2Cl)cc1OC. The normalized spacial score (nSPS) is 10.6. The van der Waals surface area contributed by atoms with E-state index in [9.17, 15) is 14.4 Å². The fraction of sp³-hybridized carbons (Fsp3) is 0.185. The average molecular weight is 652 g/mol. The number of nitrogens with one attached hydrogen (secondary N) is 3. The highest BCUT2D eigenvalue weighted by atomic mass is 79.9. The molecule has 0 atom stereocenters. The van der Waals surface area contributed by atoms with Crippen LogP contribution in [0.2, 0.25) is 10.0 Å². The van der Waals surface area contributed by atoms with E-state index in [0.29, 0.717) is 44.4 Å². The summed E-state index contributed by atoms with van der Waals surface area (Å²) in [6.07, 6.45) is 1.76. The van der Waals surface area contributed by atoms with Gasteiger partial charge in [-0.25, -0.2) is 5.43 Å². The maximum atomic E-state index is 12.3. The minimum Gasteiger partial charge on any atom is -0.493 e. The molecule has 0 aliphatic rings. The number of halogens is 3. The standard InChI is InChI=1S/C27H25BrCl2N4O6/c1-38-22-8-6-16(12-23(22)39-2)10-11-31-26(36)27(37)34-32-14-17-13-18(28)7-9-21(17)40-15-24(35)33-20-5-3-4-19(29)25(20)30/h3-9,12-14H,10-11,15H2,1-2H3,(H,31,36)(H,33,35)(H,34,37)/b32-14-. The zero-order valence-electron chi connectivity index (χ0n) is 21.4. The second-order valence-corrected chi connectivity index (χ2v) is 9.72. The molecule has 3 rings (SSSR count). The molecular formula is C27H25BrCl2N4O6. The molecule has 13 heteroatoms. The topological polar surface area (TPSA) is 127 Å². The molecule has 10 nitrogen and oxygen atoms in total. The molecule has 3 aromatic carbocycles. The quantitative estimate of drug-likeness (QED) is 0.158. The fourth-order valence-electron chi connectivity index (χ4n) is 3.33. The van der Waals surface area contributed by atoms with Crippen LogP contribution < -0.4 is 30.3 Å². The Hall–Kier alpha value is -3.80. The molecule has 3 amide bonds. The summed E-state index contributed by atoms with van der Waals surface area (Å²) in [6.45, 7) is -0.113. The smallest absolute Gasteiger partial charge is 0.329 e. The summed E-state index contributed by atoms with van der Waals surface area (Å²) in [5.41, 5.74) is 3.86. The van der Waals surface area contributed by atoms with Crippen molar-refractivity contribution in [1.82, 2.24) is 10.7 Å². The van der Waals surface area contributed by atoms with Crippen molar-refractivity contribution in [3.8, 4) is 17.2 Å². The summed E-state index contributed by atoms with van der Waals surface area (Å²) in [4.78, 5) is 36.7. The number of nitrogens with zero attached hydrogens (tertiary/aromatic N) is 1. The molecule has 0 fully saturated rings. The van der Waals surface area contributed by atoms with E-state index in [1.807, 2.05) is 6.07 Å². The third-order valence-electron chi connectivity index (χ3n) is 5.28. The number of hydrogen-bond donors (Lipinski definition) is 3. The predicted octanol–water partition coefficient (Wildman–Crippen LogP) is 4.60. The summed E-state index contributed by atoms with van der Waals surface area (Å²) in [7, 11) is 3.08. The number of methoxy groups -OCH3 is 2. The van der Waals surface area contributed by atoms with E-state index >= 15 is 0 Å². The second kappa shape index (κ2) is 15.1. The Balaban J connectivity index is 1.51. The first-order valence-corrected chi connectivity index (χ1v) is 13.2. The van der Waals surface area contributed by atoms with Crippen LogP contribution >= 0.6 is 39.1 Å². The van der Waals surface area contributed by atoms with Gasteiger partial charge in [0.15, 0.2) is 18.1 Å². The summed E-state index contributed by atoms with van der Waals surface area (Å²) in [5.74, 6) is -0.780. The van der Waals surface area contributed by atoms with Gasteiger partial charge in [0.1, 0.15) is 5.75 Å². The molecule has 0 aliphatic heterocycles. The minimum absolute atomic E-state index is 0.217. The highest BCUT2D eigenvalue weighted by Crippen LogP contribution is 2.30. The van der Waals surface area contributed by atoms with Crippen LogP contribution in [0.5, 0.6) is 17.2 Å². The maximum Gasteiger partial charge on any atom is 0.329 e. The van der Waals surface area contributed by atoms with E-state index in [1.54, 1.807) is 55.6 Å². The third-order valence-corrected chi connectivity index (χ3v) is 6.59. The van der Waals surface area contributed by atoms with Gasteiger partial charge in [0.05, 0.1) is 36.2 Å². The summed E-state index contributed by atoms with van der Waals surface area (Å²) in [5, 5.41) is 9.52. The molecule has 0 spiro atoms. The molecule has 0 unspecified atom stereocenters. The van der Waals surface area contributed by atoms with Crippen LogP contribution in [0.1, 0.15) is 11.1 Å². The van der Waals surface area contributed by atoms with E-state index in [-0.39, 0.29) is 18.2 Å². The average Bonchev–Trinajstić information content (AvgIpc) is 2.94. The Morgan fingerprint density at radius 2 is 1.70 bits per heavy atom. The molecule has 210 valence electrons. The highest BCUT2D eigenvalue weighted by molar-refractivity contribution is 9.10. The van der Waals surface area contributed by atoms with Crippen LogP contribution in [0.3, 0.4) is 0 Å². The van der Waals surface area contributed by atoms with Crippen LogP contribution in [-0.4, -0.2) is 51.3 Å². The Kier molecular flexibility index (Phi) is 11.6. The minimum atomic E-state index is -0.946. The van der Waals surface area contributed by atoms with E-state index in [2.05, 4.69) is 37.1 Å². The van der Waals surface area contributed by atoms with Crippen molar-refractivity contribution < 1.29 is 28.6 Å². The maximum absolute atomic E-state index is 12.3. The molecule has 0 saturated heterocycles. The van der Waals surface area contributed by atoms with Gasteiger partial charge >= 0.3 is 11.8 Å². The van der Waals surface area contributed by atoms with Crippen LogP contribution in [-0.2, 0) is 20.8 Å². The number of hydrogen-bond acceptors (Lipinski definition) is 7. The molecule has 3 aromatic rings. The van der Waals surface area contributed by atoms with Gasteiger partial charge in [-0.2, -0.15) is 5.10 Å². The van der Waals surface area contributed by atoms with Gasteiger partial charge in [-0.05, 0) is 54.4 Å². The Morgan fingerprint density at radius 1 is 0.950 bits per heavy atom. The van der Waals surface area contributed by atoms with Crippen molar-refractivity contribution in [1.29, 1.82) is 0 Å². The Morgan fingerprint density at radius 3 is 2.45 bits per heavy atom. The summed E-state index contributed by atoms with van der Waals surface area (Å²) in [6, 6.07) is 15.3. The van der Waals surface area contributed by atoms with Gasteiger partial charge in [-0.1, -0.05) is 51.3 Å². The van der Waals surface area contributed by atoms with Crippen LogP contribution in [0.15, 0.2) is 64.2 Å². The monoisotopic (exact) mass is 650 g/mol. The van der Waals surface area contributed by atoms with Crippen molar-refractivity contribution >= 4 is 68.8 Å². The molecular weight excluding hydrogens is 627 g/mol. The molecule has 40 heavy (non-hydrogen) atoms. The molecule has 0 bridgehead atoms. The number of ether oxygens (including phenoxy) is 3. The number of hydrazone groups is 1. The van der Waals surface area contributed by atoms with E-state index in [1.165, 1.54) is 13.3 Å². The van der Waals surface area contributed by atoms with Crippen molar-refractivity contribution in [2.75, 3.05) is 32.7 Å². The van der Waals surface area contributed by atoms with E-state index in [0.717, 1.165) is 5.56 Å². The lowest BCUT2D eigenvalue weighted by molar-refractivity contribution is -0.139. The molecule has 0 heterocycles. The van der Waals surface area contributed by atoms with Crippen LogP contribution in [0.25, 0.3) is 0 Å². The van der Waals surface area contributed by atoms with E-state index < -0.39 is 17.7 Å². The largest absolute Gasteiger partial charge is 0.493 e. The third kappa shape index (κ3) is 8.87. The van der Waals surface area contributed by atoms with Crippen LogP contribution in [0.4, 0.5) is 5.69 Å². The van der Waals surface area contributed by atoms with Gasteiger partial charge in [0.2, 0.25) is 0 Å². The lowest BCUT2D eigenvalue weighted by Gasteiger charge is -2.11. The van der Waals surface area contributed by atoms with Crippen molar-refractivity contribution in [3.05, 3.63) is 80.2 Å². The molecule has 0 radical (unpaired) electrons. The number of rotatable bonds is 11. The van der Waals surface area contributed by atoms with Crippen molar-refractivity contribution in [2.24, 2.45) is 5.10 Å². The predicted molar refractivity (Wildman–Crippen MR) is 157 cm³/mol. The van der Waals surface area contributed by atoms with Crippen LogP contribution in [0, 0.1) is 0 Å². The first kappa shape index (κ1) is 30.7. The Bertz CT molecular complexity index is 1420. The summed E-state index contributed by atoms with van der Waals surface area (Å²) >= 11 is 15.4. The lowest BCUT2D eigenvalue weighted by atomic mass is 10.1. The van der Waals surface area contributed by atoms with Gasteiger partial charge < -0.3 is 24.8 Å². The van der Waals surface area contributed by atoms with Crippen molar-refractivity contribution in [2.45, 2.75) is 6.42 Å². The van der Waals surface area contributed by atoms with Gasteiger partial charge in [-0.15, -0.1) is 0 Å². The number of benzene rings is 3. The first-order valence-electron chi connectivity index (χ1n) is 11.7. The highest BCUT2D eigenvalue weighted by Gasteiger charge is 2.13. The molecule has 0 aromatic heterocycles. The number of carbonyl (C=O) groups is 3. The van der Waals surface area contributed by atoms with Gasteiger partial charge in [-0.3, -0.25) is 14.4 Å². The zero-order chi connectivity index (χ0) is 29.1. The van der Waals surface area contributed by atoms with E-state index in [4.69, 9.17) is 37.4 Å². The molecule has 0 aliphatic carbocycles. The second-order valence-electron chi connectivity index (χ2n) is 8.01. The fourth-order valence-corrected chi connectivity index (χ4v) is 4.06. The first-order chi connectivity index (χ1) is 19.2. The Labute approximate surface area is 249 Å². The molecule has 0 saturated carbocycles. The number of carbonyl (C=O) groups excluding carboxylic acids is 3. The lowest BCUT2D eigenvalue weighted by Crippen LogP contribution is -2.38. The van der Waals surface area contributed by atoms with Gasteiger partial charge in [0.25, 0.3) is 5.91 Å². The number of amides is 3. The summed E-state index contributed by atoms with van der Waals surface area (Å²) < 4.78 is 16.8. The molecule has 3 N–H and O–H groups in total. The van der Waals surface area contributed by atoms with Gasteiger partial charge in [0, 0.05) is 16.6 Å². The van der Waals surface area contributed by atoms with Crippen molar-refractivity contribution in [3.63, 3.8) is 0 Å². The zero-order valence-corrected chi connectivity index (χ0v) is 24.5. The number of anilines is 1.